The number of oxazole rings is 1. The van der Waals surface area contributed by atoms with Gasteiger partial charge in [-0.2, -0.15) is 5.10 Å². The topological polar surface area (TPSA) is 73.0 Å². The normalized spacial score (nSPS) is 12.0. The Balaban J connectivity index is 1.62. The van der Waals surface area contributed by atoms with Crippen LogP contribution in [0.25, 0.3) is 11.5 Å². The second-order valence-electron chi connectivity index (χ2n) is 5.14. The van der Waals surface area contributed by atoms with Crippen molar-refractivity contribution in [2.45, 2.75) is 25.9 Å². The first-order valence-electron chi connectivity index (χ1n) is 7.54. The molecule has 0 aliphatic rings. The van der Waals surface area contributed by atoms with Crippen molar-refractivity contribution < 1.29 is 9.21 Å². The van der Waals surface area contributed by atoms with E-state index in [9.17, 15) is 4.79 Å². The zero-order chi connectivity index (χ0) is 16.1. The maximum Gasteiger partial charge on any atom is 0.245 e. The molecule has 1 amide bonds. The average Bonchev–Trinajstić information content (AvgIpc) is 3.26. The van der Waals surface area contributed by atoms with Gasteiger partial charge in [-0.15, -0.1) is 0 Å². The smallest absolute Gasteiger partial charge is 0.245 e. The van der Waals surface area contributed by atoms with Crippen molar-refractivity contribution >= 4 is 5.91 Å². The molecule has 1 N–H and O–H groups in total. The summed E-state index contributed by atoms with van der Waals surface area (Å²) in [4.78, 5) is 16.7. The van der Waals surface area contributed by atoms with E-state index in [0.29, 0.717) is 24.6 Å². The van der Waals surface area contributed by atoms with E-state index < -0.39 is 0 Å². The van der Waals surface area contributed by atoms with E-state index >= 15 is 0 Å². The number of carbonyl (C=O) groups is 1. The number of nitrogens with one attached hydrogen (secondary N) is 1. The van der Waals surface area contributed by atoms with Gasteiger partial charge in [0.25, 0.3) is 0 Å². The first-order chi connectivity index (χ1) is 11.3. The number of benzene rings is 1. The van der Waals surface area contributed by atoms with Gasteiger partial charge in [0, 0.05) is 18.0 Å². The minimum absolute atomic E-state index is 0.0829. The fraction of sp³-hybridized carbons (Fsp3) is 0.235. The van der Waals surface area contributed by atoms with Gasteiger partial charge in [0.15, 0.2) is 0 Å². The predicted molar refractivity (Wildman–Crippen MR) is 85.3 cm³/mol. The number of carbonyl (C=O) groups excluding carboxylic acids is 1. The summed E-state index contributed by atoms with van der Waals surface area (Å²) in [6.07, 6.45) is 5.69. The number of aromatic nitrogens is 3. The molecule has 0 aliphatic heterocycles. The molecule has 0 spiro atoms. The van der Waals surface area contributed by atoms with Crippen molar-refractivity contribution in [3.05, 3.63) is 60.7 Å². The lowest BCUT2D eigenvalue weighted by Crippen LogP contribution is -2.32. The molecule has 0 saturated heterocycles. The van der Waals surface area contributed by atoms with E-state index in [2.05, 4.69) is 15.4 Å². The second-order valence-corrected chi connectivity index (χ2v) is 5.14. The van der Waals surface area contributed by atoms with Gasteiger partial charge in [0.2, 0.25) is 11.8 Å². The van der Waals surface area contributed by atoms with Crippen LogP contribution in [-0.4, -0.2) is 20.7 Å². The lowest BCUT2D eigenvalue weighted by Gasteiger charge is -2.14. The molecular weight excluding hydrogens is 292 g/mol. The summed E-state index contributed by atoms with van der Waals surface area (Å²) in [6, 6.07) is 11.1. The summed E-state index contributed by atoms with van der Waals surface area (Å²) >= 11 is 0. The van der Waals surface area contributed by atoms with Gasteiger partial charge in [0.1, 0.15) is 12.3 Å². The molecule has 1 atom stereocenters. The van der Waals surface area contributed by atoms with Gasteiger partial charge in [-0.25, -0.2) is 4.98 Å². The van der Waals surface area contributed by atoms with Crippen molar-refractivity contribution in [1.82, 2.24) is 20.1 Å². The van der Waals surface area contributed by atoms with Crippen molar-refractivity contribution in [2.75, 3.05) is 0 Å². The number of hydrogen-bond acceptors (Lipinski definition) is 4. The highest BCUT2D eigenvalue weighted by Crippen LogP contribution is 2.18. The van der Waals surface area contributed by atoms with Crippen LogP contribution in [0.5, 0.6) is 0 Å². The fourth-order valence-electron chi connectivity index (χ4n) is 2.35. The SMILES string of the molecule is CCC(C(=O)NCc1coc(-c2ccccc2)n1)n1cccn1. The van der Waals surface area contributed by atoms with E-state index in [1.807, 2.05) is 37.3 Å². The molecular formula is C17H18N4O2. The maximum absolute atomic E-state index is 12.3. The maximum atomic E-state index is 12.3. The van der Waals surface area contributed by atoms with Crippen molar-refractivity contribution in [3.63, 3.8) is 0 Å². The van der Waals surface area contributed by atoms with Gasteiger partial charge in [-0.05, 0) is 24.6 Å². The Bertz CT molecular complexity index is 750. The summed E-state index contributed by atoms with van der Waals surface area (Å²) in [5.74, 6) is 0.467. The van der Waals surface area contributed by atoms with E-state index in [1.54, 1.807) is 29.4 Å². The Labute approximate surface area is 134 Å². The van der Waals surface area contributed by atoms with E-state index in [1.165, 1.54) is 0 Å². The Hall–Kier alpha value is -2.89. The van der Waals surface area contributed by atoms with Gasteiger partial charge in [0.05, 0.1) is 12.2 Å². The molecule has 3 rings (SSSR count). The van der Waals surface area contributed by atoms with Crippen LogP contribution in [0.4, 0.5) is 0 Å². The molecule has 0 radical (unpaired) electrons. The first kappa shape index (κ1) is 15.0. The summed E-state index contributed by atoms with van der Waals surface area (Å²) in [6.45, 7) is 2.28. The molecule has 0 saturated carbocycles. The quantitative estimate of drug-likeness (QED) is 0.760. The third-order valence-corrected chi connectivity index (χ3v) is 3.55. The Morgan fingerprint density at radius 1 is 1.30 bits per heavy atom. The average molecular weight is 310 g/mol. The van der Waals surface area contributed by atoms with Crippen LogP contribution in [0.1, 0.15) is 25.1 Å². The van der Waals surface area contributed by atoms with Crippen LogP contribution in [0.2, 0.25) is 0 Å². The third-order valence-electron chi connectivity index (χ3n) is 3.55. The molecule has 118 valence electrons. The van der Waals surface area contributed by atoms with Crippen molar-refractivity contribution in [3.8, 4) is 11.5 Å². The number of hydrogen-bond donors (Lipinski definition) is 1. The number of rotatable bonds is 6. The molecule has 0 fully saturated rings. The number of amides is 1. The largest absolute Gasteiger partial charge is 0.444 e. The molecule has 6 heteroatoms. The highest BCUT2D eigenvalue weighted by Gasteiger charge is 2.18. The highest BCUT2D eigenvalue weighted by atomic mass is 16.3. The van der Waals surface area contributed by atoms with E-state index in [4.69, 9.17) is 4.42 Å². The molecule has 0 aliphatic carbocycles. The zero-order valence-electron chi connectivity index (χ0n) is 12.8. The third kappa shape index (κ3) is 3.48. The minimum atomic E-state index is -0.314. The standard InChI is InChI=1S/C17H18N4O2/c1-2-15(21-10-6-9-19-21)16(22)18-11-14-12-23-17(20-14)13-7-4-3-5-8-13/h3-10,12,15H,2,11H2,1H3,(H,18,22). The van der Waals surface area contributed by atoms with E-state index in [0.717, 1.165) is 5.56 Å². The molecule has 6 nitrogen and oxygen atoms in total. The van der Waals surface area contributed by atoms with Gasteiger partial charge < -0.3 is 9.73 Å². The van der Waals surface area contributed by atoms with Crippen LogP contribution >= 0.6 is 0 Å². The molecule has 2 aromatic heterocycles. The predicted octanol–water partition coefficient (Wildman–Crippen LogP) is 2.81. The number of nitrogens with zero attached hydrogens (tertiary/aromatic N) is 3. The Kier molecular flexibility index (Phi) is 4.52. The van der Waals surface area contributed by atoms with Crippen LogP contribution in [0.15, 0.2) is 59.5 Å². The molecule has 3 aromatic rings. The monoisotopic (exact) mass is 310 g/mol. The van der Waals surface area contributed by atoms with E-state index in [-0.39, 0.29) is 11.9 Å². The Morgan fingerprint density at radius 2 is 2.13 bits per heavy atom. The molecule has 2 heterocycles. The first-order valence-corrected chi connectivity index (χ1v) is 7.54. The van der Waals surface area contributed by atoms with Crippen LogP contribution in [0.3, 0.4) is 0 Å². The second kappa shape index (κ2) is 6.91. The van der Waals surface area contributed by atoms with Gasteiger partial charge >= 0.3 is 0 Å². The Morgan fingerprint density at radius 3 is 2.83 bits per heavy atom. The van der Waals surface area contributed by atoms with Gasteiger partial charge in [-0.3, -0.25) is 9.48 Å². The summed E-state index contributed by atoms with van der Waals surface area (Å²) in [7, 11) is 0. The van der Waals surface area contributed by atoms with Crippen molar-refractivity contribution in [1.29, 1.82) is 0 Å². The molecule has 1 unspecified atom stereocenters. The lowest BCUT2D eigenvalue weighted by molar-refractivity contribution is -0.124. The van der Waals surface area contributed by atoms with Crippen LogP contribution in [-0.2, 0) is 11.3 Å². The summed E-state index contributed by atoms with van der Waals surface area (Å²) in [5, 5.41) is 7.01. The molecule has 0 bridgehead atoms. The fourth-order valence-corrected chi connectivity index (χ4v) is 2.35. The lowest BCUT2D eigenvalue weighted by atomic mass is 10.2. The summed E-state index contributed by atoms with van der Waals surface area (Å²) in [5.41, 5.74) is 1.60. The molecule has 23 heavy (non-hydrogen) atoms. The minimum Gasteiger partial charge on any atom is -0.444 e. The van der Waals surface area contributed by atoms with Gasteiger partial charge in [-0.1, -0.05) is 25.1 Å². The van der Waals surface area contributed by atoms with Crippen LogP contribution in [0, 0.1) is 0 Å². The molecule has 1 aromatic carbocycles. The zero-order valence-corrected chi connectivity index (χ0v) is 12.8. The summed E-state index contributed by atoms with van der Waals surface area (Å²) < 4.78 is 7.12. The van der Waals surface area contributed by atoms with Crippen molar-refractivity contribution in [2.24, 2.45) is 0 Å². The van der Waals surface area contributed by atoms with Crippen LogP contribution < -0.4 is 5.32 Å². The highest BCUT2D eigenvalue weighted by molar-refractivity contribution is 5.80.